The van der Waals surface area contributed by atoms with Gasteiger partial charge in [-0.15, -0.1) is 0 Å². The molecule has 0 saturated heterocycles. The molecule has 0 saturated carbocycles. The molecular formula is C13H24N4O2. The number of nitrogens with zero attached hydrogens (tertiary/aromatic N) is 2. The first-order valence-corrected chi connectivity index (χ1v) is 6.65. The third kappa shape index (κ3) is 5.74. The molecular weight excluding hydrogens is 244 g/mol. The van der Waals surface area contributed by atoms with Crippen molar-refractivity contribution in [2.24, 2.45) is 11.8 Å². The van der Waals surface area contributed by atoms with Crippen LogP contribution < -0.4 is 10.6 Å². The molecule has 3 unspecified atom stereocenters. The van der Waals surface area contributed by atoms with Crippen LogP contribution in [-0.4, -0.2) is 40.1 Å². The zero-order chi connectivity index (χ0) is 14.3. The quantitative estimate of drug-likeness (QED) is 0.685. The monoisotopic (exact) mass is 268 g/mol. The highest BCUT2D eigenvalue weighted by atomic mass is 16.3. The summed E-state index contributed by atoms with van der Waals surface area (Å²) in [4.78, 5) is 11.7. The fourth-order valence-corrected chi connectivity index (χ4v) is 1.62. The Morgan fingerprint density at radius 1 is 1.42 bits per heavy atom. The maximum Gasteiger partial charge on any atom is 0.315 e. The molecule has 0 bridgehead atoms. The molecule has 108 valence electrons. The first-order chi connectivity index (χ1) is 9.02. The van der Waals surface area contributed by atoms with Crippen LogP contribution in [-0.2, 0) is 6.54 Å². The predicted molar refractivity (Wildman–Crippen MR) is 73.6 cm³/mol. The minimum absolute atomic E-state index is 0.0484. The Kier molecular flexibility index (Phi) is 6.35. The van der Waals surface area contributed by atoms with E-state index in [1.807, 2.05) is 30.8 Å². The topological polar surface area (TPSA) is 79.2 Å². The molecule has 3 atom stereocenters. The molecule has 1 heterocycles. The summed E-state index contributed by atoms with van der Waals surface area (Å²) >= 11 is 0. The van der Waals surface area contributed by atoms with Crippen LogP contribution in [0, 0.1) is 11.8 Å². The van der Waals surface area contributed by atoms with Crippen molar-refractivity contribution in [1.82, 2.24) is 20.4 Å². The molecule has 1 rings (SSSR count). The van der Waals surface area contributed by atoms with Gasteiger partial charge in [-0.2, -0.15) is 5.10 Å². The lowest BCUT2D eigenvalue weighted by atomic mass is 10.1. The predicted octanol–water partition coefficient (Wildman–Crippen LogP) is 0.835. The van der Waals surface area contributed by atoms with Gasteiger partial charge in [0, 0.05) is 38.1 Å². The average molecular weight is 268 g/mol. The smallest absolute Gasteiger partial charge is 0.315 e. The van der Waals surface area contributed by atoms with E-state index in [0.29, 0.717) is 12.5 Å². The second-order valence-electron chi connectivity index (χ2n) is 5.14. The van der Waals surface area contributed by atoms with Crippen LogP contribution in [0.25, 0.3) is 0 Å². The van der Waals surface area contributed by atoms with Gasteiger partial charge in [0.25, 0.3) is 0 Å². The number of hydrogen-bond acceptors (Lipinski definition) is 3. The SMILES string of the molecule is CC(CNC(=O)NC(C)C(C)CO)Cn1cccn1. The van der Waals surface area contributed by atoms with Gasteiger partial charge in [-0.3, -0.25) is 4.68 Å². The number of hydrogen-bond donors (Lipinski definition) is 3. The fourth-order valence-electron chi connectivity index (χ4n) is 1.62. The Balaban J connectivity index is 2.22. The lowest BCUT2D eigenvalue weighted by Crippen LogP contribution is -2.45. The number of rotatable bonds is 7. The third-order valence-corrected chi connectivity index (χ3v) is 3.17. The van der Waals surface area contributed by atoms with Crippen molar-refractivity contribution in [2.45, 2.75) is 33.4 Å². The molecule has 3 N–H and O–H groups in total. The number of amides is 2. The molecule has 6 heteroatoms. The van der Waals surface area contributed by atoms with Gasteiger partial charge >= 0.3 is 6.03 Å². The highest BCUT2D eigenvalue weighted by molar-refractivity contribution is 5.74. The largest absolute Gasteiger partial charge is 0.396 e. The van der Waals surface area contributed by atoms with E-state index in [0.717, 1.165) is 6.54 Å². The first kappa shape index (κ1) is 15.5. The van der Waals surface area contributed by atoms with E-state index in [2.05, 4.69) is 22.7 Å². The van der Waals surface area contributed by atoms with E-state index in [4.69, 9.17) is 5.11 Å². The van der Waals surface area contributed by atoms with E-state index >= 15 is 0 Å². The van der Waals surface area contributed by atoms with Crippen molar-refractivity contribution in [1.29, 1.82) is 0 Å². The molecule has 0 aliphatic rings. The normalized spacial score (nSPS) is 15.6. The van der Waals surface area contributed by atoms with Crippen molar-refractivity contribution < 1.29 is 9.90 Å². The van der Waals surface area contributed by atoms with Gasteiger partial charge in [0.1, 0.15) is 0 Å². The van der Waals surface area contributed by atoms with Gasteiger partial charge < -0.3 is 15.7 Å². The summed E-state index contributed by atoms with van der Waals surface area (Å²) in [5.74, 6) is 0.350. The lowest BCUT2D eigenvalue weighted by Gasteiger charge is -2.20. The van der Waals surface area contributed by atoms with Crippen LogP contribution in [0.2, 0.25) is 0 Å². The summed E-state index contributed by atoms with van der Waals surface area (Å²) in [6.45, 7) is 7.26. The third-order valence-electron chi connectivity index (χ3n) is 3.17. The summed E-state index contributed by atoms with van der Waals surface area (Å²) in [7, 11) is 0. The molecule has 2 amide bonds. The van der Waals surface area contributed by atoms with E-state index in [9.17, 15) is 4.79 Å². The Morgan fingerprint density at radius 2 is 2.16 bits per heavy atom. The number of aliphatic hydroxyl groups excluding tert-OH is 1. The molecule has 0 aliphatic carbocycles. The number of nitrogens with one attached hydrogen (secondary N) is 2. The molecule has 0 spiro atoms. The molecule has 6 nitrogen and oxygen atoms in total. The van der Waals surface area contributed by atoms with E-state index in [1.54, 1.807) is 6.20 Å². The molecule has 0 aliphatic heterocycles. The van der Waals surface area contributed by atoms with Gasteiger partial charge in [-0.05, 0) is 24.8 Å². The molecule has 19 heavy (non-hydrogen) atoms. The van der Waals surface area contributed by atoms with Crippen molar-refractivity contribution in [2.75, 3.05) is 13.2 Å². The van der Waals surface area contributed by atoms with Gasteiger partial charge in [0.2, 0.25) is 0 Å². The first-order valence-electron chi connectivity index (χ1n) is 6.65. The van der Waals surface area contributed by atoms with Crippen LogP contribution in [0.1, 0.15) is 20.8 Å². The summed E-state index contributed by atoms with van der Waals surface area (Å²) in [6.07, 6.45) is 3.65. The highest BCUT2D eigenvalue weighted by Gasteiger charge is 2.14. The number of carbonyl (C=O) groups excluding carboxylic acids is 1. The van der Waals surface area contributed by atoms with Crippen LogP contribution in [0.3, 0.4) is 0 Å². The fraction of sp³-hybridized carbons (Fsp3) is 0.692. The van der Waals surface area contributed by atoms with Crippen molar-refractivity contribution in [3.05, 3.63) is 18.5 Å². The lowest BCUT2D eigenvalue weighted by molar-refractivity contribution is 0.199. The van der Waals surface area contributed by atoms with Gasteiger partial charge in [-0.1, -0.05) is 13.8 Å². The summed E-state index contributed by atoms with van der Waals surface area (Å²) < 4.78 is 1.85. The highest BCUT2D eigenvalue weighted by Crippen LogP contribution is 2.01. The van der Waals surface area contributed by atoms with Crippen LogP contribution in [0.4, 0.5) is 4.79 Å². The van der Waals surface area contributed by atoms with E-state index < -0.39 is 0 Å². The molecule has 0 radical (unpaired) electrons. The Morgan fingerprint density at radius 3 is 2.74 bits per heavy atom. The zero-order valence-electron chi connectivity index (χ0n) is 11.8. The maximum absolute atomic E-state index is 11.7. The number of aliphatic hydroxyl groups is 1. The van der Waals surface area contributed by atoms with Gasteiger partial charge in [-0.25, -0.2) is 4.79 Å². The second-order valence-corrected chi connectivity index (χ2v) is 5.14. The van der Waals surface area contributed by atoms with Crippen molar-refractivity contribution in [3.63, 3.8) is 0 Å². The van der Waals surface area contributed by atoms with Crippen molar-refractivity contribution >= 4 is 6.03 Å². The summed E-state index contributed by atoms with van der Waals surface area (Å²) in [6, 6.07) is 1.64. The number of carbonyl (C=O) groups is 1. The molecule has 1 aromatic rings. The van der Waals surface area contributed by atoms with Crippen LogP contribution in [0.15, 0.2) is 18.5 Å². The second kappa shape index (κ2) is 7.78. The Hall–Kier alpha value is -1.56. The Labute approximate surface area is 114 Å². The average Bonchev–Trinajstić information content (AvgIpc) is 2.88. The molecule has 1 aromatic heterocycles. The molecule has 0 aromatic carbocycles. The standard InChI is InChI=1S/C13H24N4O2/c1-10(8-17-6-4-5-15-17)7-14-13(19)16-12(3)11(2)9-18/h4-6,10-12,18H,7-9H2,1-3H3,(H2,14,16,19). The van der Waals surface area contributed by atoms with E-state index in [-0.39, 0.29) is 24.6 Å². The van der Waals surface area contributed by atoms with Gasteiger partial charge in [0.05, 0.1) is 0 Å². The molecule has 0 fully saturated rings. The number of urea groups is 1. The van der Waals surface area contributed by atoms with Gasteiger partial charge in [0.15, 0.2) is 0 Å². The minimum Gasteiger partial charge on any atom is -0.396 e. The van der Waals surface area contributed by atoms with E-state index in [1.165, 1.54) is 0 Å². The minimum atomic E-state index is -0.194. The van der Waals surface area contributed by atoms with Crippen molar-refractivity contribution in [3.8, 4) is 0 Å². The van der Waals surface area contributed by atoms with Crippen LogP contribution >= 0.6 is 0 Å². The van der Waals surface area contributed by atoms with Crippen LogP contribution in [0.5, 0.6) is 0 Å². The number of aromatic nitrogens is 2. The zero-order valence-corrected chi connectivity index (χ0v) is 11.8. The Bertz CT molecular complexity index is 367. The summed E-state index contributed by atoms with van der Waals surface area (Å²) in [5, 5.41) is 18.8. The maximum atomic E-state index is 11.7. The summed E-state index contributed by atoms with van der Waals surface area (Å²) in [5.41, 5.74) is 0.